The fraction of sp³-hybridized carbons (Fsp3) is 0.462. The molecular formula is C13H18N6S. The molecule has 0 fully saturated rings. The molecule has 1 N–H and O–H groups in total. The van der Waals surface area contributed by atoms with Crippen molar-refractivity contribution in [1.29, 1.82) is 0 Å². The van der Waals surface area contributed by atoms with E-state index in [-0.39, 0.29) is 0 Å². The third-order valence-electron chi connectivity index (χ3n) is 3.25. The van der Waals surface area contributed by atoms with Crippen LogP contribution in [0.3, 0.4) is 0 Å². The standard InChI is InChI=1S/C13H18N6S/c1-10-9-19-12(11(2)16-13(19)20-10)8-14-4-3-6-18-7-5-15-17-18/h5,7,9,14H,3-4,6,8H2,1-2H3. The molecule has 0 saturated carbocycles. The lowest BCUT2D eigenvalue weighted by Gasteiger charge is -2.05. The third kappa shape index (κ3) is 2.73. The smallest absolute Gasteiger partial charge is 0.194 e. The number of fused-ring (bicyclic) bond motifs is 1. The molecule has 0 aliphatic rings. The van der Waals surface area contributed by atoms with E-state index in [1.54, 1.807) is 17.5 Å². The van der Waals surface area contributed by atoms with Gasteiger partial charge in [-0.25, -0.2) is 4.98 Å². The lowest BCUT2D eigenvalue weighted by atomic mass is 10.3. The number of thiazole rings is 1. The molecule has 0 bridgehead atoms. The van der Waals surface area contributed by atoms with Gasteiger partial charge in [-0.15, -0.1) is 16.4 Å². The van der Waals surface area contributed by atoms with Crippen LogP contribution in [0, 0.1) is 13.8 Å². The van der Waals surface area contributed by atoms with Gasteiger partial charge in [-0.3, -0.25) is 9.08 Å². The summed E-state index contributed by atoms with van der Waals surface area (Å²) in [5.74, 6) is 0. The van der Waals surface area contributed by atoms with E-state index >= 15 is 0 Å². The van der Waals surface area contributed by atoms with E-state index in [9.17, 15) is 0 Å². The Morgan fingerprint density at radius 2 is 2.25 bits per heavy atom. The van der Waals surface area contributed by atoms with Gasteiger partial charge >= 0.3 is 0 Å². The van der Waals surface area contributed by atoms with Crippen LogP contribution in [0.25, 0.3) is 4.96 Å². The van der Waals surface area contributed by atoms with Crippen molar-refractivity contribution >= 4 is 16.3 Å². The summed E-state index contributed by atoms with van der Waals surface area (Å²) >= 11 is 1.73. The predicted molar refractivity (Wildman–Crippen MR) is 78.9 cm³/mol. The largest absolute Gasteiger partial charge is 0.311 e. The molecule has 0 spiro atoms. The highest BCUT2D eigenvalue weighted by molar-refractivity contribution is 7.17. The Hall–Kier alpha value is -1.73. The van der Waals surface area contributed by atoms with Gasteiger partial charge in [0.15, 0.2) is 4.96 Å². The minimum atomic E-state index is 0.848. The molecule has 0 saturated heterocycles. The number of rotatable bonds is 6. The highest BCUT2D eigenvalue weighted by Crippen LogP contribution is 2.20. The van der Waals surface area contributed by atoms with E-state index in [1.165, 1.54) is 10.6 Å². The highest BCUT2D eigenvalue weighted by Gasteiger charge is 2.10. The molecule has 3 aromatic rings. The predicted octanol–water partition coefficient (Wildman–Crippen LogP) is 1.78. The van der Waals surface area contributed by atoms with Crippen molar-refractivity contribution in [3.63, 3.8) is 0 Å². The van der Waals surface area contributed by atoms with Crippen molar-refractivity contribution in [2.45, 2.75) is 33.4 Å². The Morgan fingerprint density at radius 1 is 1.35 bits per heavy atom. The topological polar surface area (TPSA) is 60.0 Å². The van der Waals surface area contributed by atoms with Crippen LogP contribution >= 0.6 is 11.3 Å². The van der Waals surface area contributed by atoms with Crippen LogP contribution in [0.15, 0.2) is 18.6 Å². The van der Waals surface area contributed by atoms with Gasteiger partial charge in [0.1, 0.15) is 0 Å². The maximum atomic E-state index is 4.59. The molecule has 0 aliphatic carbocycles. The summed E-state index contributed by atoms with van der Waals surface area (Å²) in [7, 11) is 0. The summed E-state index contributed by atoms with van der Waals surface area (Å²) in [5, 5.41) is 11.2. The lowest BCUT2D eigenvalue weighted by Crippen LogP contribution is -2.18. The molecule has 0 amide bonds. The van der Waals surface area contributed by atoms with Crippen LogP contribution in [-0.4, -0.2) is 30.9 Å². The van der Waals surface area contributed by atoms with E-state index in [2.05, 4.69) is 45.1 Å². The van der Waals surface area contributed by atoms with Crippen molar-refractivity contribution in [2.75, 3.05) is 6.54 Å². The zero-order chi connectivity index (χ0) is 13.9. The van der Waals surface area contributed by atoms with E-state index in [1.807, 2.05) is 10.9 Å². The first kappa shape index (κ1) is 13.3. The molecule has 3 rings (SSSR count). The van der Waals surface area contributed by atoms with Crippen molar-refractivity contribution in [3.05, 3.63) is 34.9 Å². The number of nitrogens with one attached hydrogen (secondary N) is 1. The molecule has 0 radical (unpaired) electrons. The monoisotopic (exact) mass is 290 g/mol. The molecule has 20 heavy (non-hydrogen) atoms. The lowest BCUT2D eigenvalue weighted by molar-refractivity contribution is 0.527. The SMILES string of the molecule is Cc1cn2c(CNCCCn3ccnn3)c(C)nc2s1. The Morgan fingerprint density at radius 3 is 3.05 bits per heavy atom. The molecule has 106 valence electrons. The van der Waals surface area contributed by atoms with Gasteiger partial charge in [0, 0.05) is 30.4 Å². The summed E-state index contributed by atoms with van der Waals surface area (Å²) in [5.41, 5.74) is 2.37. The summed E-state index contributed by atoms with van der Waals surface area (Å²) in [6.45, 7) is 6.88. The quantitative estimate of drug-likeness (QED) is 0.703. The Kier molecular flexibility index (Phi) is 3.79. The van der Waals surface area contributed by atoms with E-state index in [4.69, 9.17) is 0 Å². The number of aromatic nitrogens is 5. The van der Waals surface area contributed by atoms with Gasteiger partial charge in [-0.2, -0.15) is 0 Å². The van der Waals surface area contributed by atoms with Gasteiger partial charge in [0.05, 0.1) is 17.6 Å². The summed E-state index contributed by atoms with van der Waals surface area (Å²) in [6.07, 6.45) is 6.79. The van der Waals surface area contributed by atoms with Gasteiger partial charge in [-0.05, 0) is 26.8 Å². The maximum absolute atomic E-state index is 4.59. The van der Waals surface area contributed by atoms with E-state index in [0.29, 0.717) is 0 Å². The number of hydrogen-bond acceptors (Lipinski definition) is 5. The maximum Gasteiger partial charge on any atom is 0.194 e. The summed E-state index contributed by atoms with van der Waals surface area (Å²) in [6, 6.07) is 0. The molecule has 0 aliphatic heterocycles. The van der Waals surface area contributed by atoms with Gasteiger partial charge < -0.3 is 5.32 Å². The normalized spacial score (nSPS) is 11.5. The Labute approximate surface area is 121 Å². The van der Waals surface area contributed by atoms with Crippen LogP contribution in [-0.2, 0) is 13.1 Å². The van der Waals surface area contributed by atoms with Crippen LogP contribution in [0.4, 0.5) is 0 Å². The van der Waals surface area contributed by atoms with Crippen molar-refractivity contribution in [1.82, 2.24) is 29.7 Å². The van der Waals surface area contributed by atoms with E-state index in [0.717, 1.165) is 36.7 Å². The fourth-order valence-corrected chi connectivity index (χ4v) is 3.14. The first-order valence-corrected chi connectivity index (χ1v) is 7.54. The Balaban J connectivity index is 1.53. The van der Waals surface area contributed by atoms with Crippen molar-refractivity contribution in [3.8, 4) is 0 Å². The summed E-state index contributed by atoms with van der Waals surface area (Å²) < 4.78 is 4.05. The van der Waals surface area contributed by atoms with Gasteiger partial charge in [0.2, 0.25) is 0 Å². The van der Waals surface area contributed by atoms with Crippen molar-refractivity contribution < 1.29 is 0 Å². The van der Waals surface area contributed by atoms with Crippen LogP contribution < -0.4 is 5.32 Å². The first-order valence-electron chi connectivity index (χ1n) is 6.73. The second-order valence-corrected chi connectivity index (χ2v) is 6.05. The van der Waals surface area contributed by atoms with E-state index < -0.39 is 0 Å². The average molecular weight is 290 g/mol. The second kappa shape index (κ2) is 5.72. The fourth-order valence-electron chi connectivity index (χ4n) is 2.25. The molecular weight excluding hydrogens is 272 g/mol. The van der Waals surface area contributed by atoms with Crippen LogP contribution in [0.2, 0.25) is 0 Å². The highest BCUT2D eigenvalue weighted by atomic mass is 32.1. The molecule has 7 heteroatoms. The first-order chi connectivity index (χ1) is 9.74. The zero-order valence-corrected chi connectivity index (χ0v) is 12.5. The average Bonchev–Trinajstić information content (AvgIpc) is 3.08. The van der Waals surface area contributed by atoms with Gasteiger partial charge in [0.25, 0.3) is 0 Å². The number of hydrogen-bond donors (Lipinski definition) is 1. The molecule has 6 nitrogen and oxygen atoms in total. The Bertz CT molecular complexity index is 681. The number of nitrogens with zero attached hydrogens (tertiary/aromatic N) is 5. The molecule has 0 atom stereocenters. The minimum Gasteiger partial charge on any atom is -0.311 e. The van der Waals surface area contributed by atoms with Gasteiger partial charge in [-0.1, -0.05) is 5.21 Å². The van der Waals surface area contributed by atoms with Crippen LogP contribution in [0.5, 0.6) is 0 Å². The molecule has 0 aromatic carbocycles. The number of aryl methyl sites for hydroxylation is 3. The zero-order valence-electron chi connectivity index (χ0n) is 11.7. The second-order valence-electron chi connectivity index (χ2n) is 4.83. The van der Waals surface area contributed by atoms with Crippen LogP contribution in [0.1, 0.15) is 22.7 Å². The summed E-state index contributed by atoms with van der Waals surface area (Å²) in [4.78, 5) is 6.97. The van der Waals surface area contributed by atoms with Crippen molar-refractivity contribution in [2.24, 2.45) is 0 Å². The third-order valence-corrected chi connectivity index (χ3v) is 4.14. The molecule has 3 heterocycles. The molecule has 3 aromatic heterocycles. The number of imidazole rings is 1. The minimum absolute atomic E-state index is 0.848. The molecule has 0 unspecified atom stereocenters.